The van der Waals surface area contributed by atoms with Gasteiger partial charge in [0.2, 0.25) is 0 Å². The molecular formula is C8H8BrFN4O. The van der Waals surface area contributed by atoms with Crippen molar-refractivity contribution < 1.29 is 9.24 Å². The van der Waals surface area contributed by atoms with E-state index in [1.165, 1.54) is 12.1 Å². The summed E-state index contributed by atoms with van der Waals surface area (Å²) in [7, 11) is 0. The number of rotatable bonds is 2. The van der Waals surface area contributed by atoms with Crippen molar-refractivity contribution in [1.29, 1.82) is 0 Å². The lowest BCUT2D eigenvalue weighted by Gasteiger charge is -2.02. The zero-order valence-corrected chi connectivity index (χ0v) is 9.11. The van der Waals surface area contributed by atoms with E-state index < -0.39 is 11.8 Å². The zero-order chi connectivity index (χ0) is 11.4. The van der Waals surface area contributed by atoms with Gasteiger partial charge in [0.15, 0.2) is 0 Å². The summed E-state index contributed by atoms with van der Waals surface area (Å²) >= 11 is 3.10. The van der Waals surface area contributed by atoms with Gasteiger partial charge in [-0.3, -0.25) is 11.5 Å². The summed E-state index contributed by atoms with van der Waals surface area (Å²) in [6, 6.07) is 4.34. The minimum Gasteiger partial charge on any atom is -0.722 e. The Labute approximate surface area is 93.6 Å². The van der Waals surface area contributed by atoms with Crippen LogP contribution < -0.4 is 11.5 Å². The van der Waals surface area contributed by atoms with Gasteiger partial charge in [-0.25, -0.2) is 4.39 Å². The number of halogens is 2. The second-order valence-electron chi connectivity index (χ2n) is 2.61. The van der Waals surface area contributed by atoms with Crippen LogP contribution in [0.5, 0.6) is 0 Å². The molecule has 5 nitrogen and oxygen atoms in total. The zero-order valence-electron chi connectivity index (χ0n) is 7.52. The highest BCUT2D eigenvalue weighted by Gasteiger charge is 1.99. The molecule has 0 radical (unpaired) electrons. The standard InChI is InChI=1S/C8H8BrFN4O/c9-6-2-1-5(7(10)3-6)4-13-14(15)8(11)12/h1-4H,11-12H2/b13-4+. The second kappa shape index (κ2) is 4.74. The lowest BCUT2D eigenvalue weighted by atomic mass is 10.2. The van der Waals surface area contributed by atoms with Crippen LogP contribution in [-0.2, 0) is 0 Å². The van der Waals surface area contributed by atoms with Crippen molar-refractivity contribution in [2.75, 3.05) is 0 Å². The van der Waals surface area contributed by atoms with E-state index in [0.717, 1.165) is 6.21 Å². The molecule has 1 aromatic carbocycles. The Morgan fingerprint density at radius 2 is 2.20 bits per heavy atom. The van der Waals surface area contributed by atoms with Crippen LogP contribution in [0.15, 0.2) is 27.8 Å². The first-order valence-electron chi connectivity index (χ1n) is 3.85. The summed E-state index contributed by atoms with van der Waals surface area (Å²) in [5.41, 5.74) is 10.1. The average molecular weight is 275 g/mol. The molecular weight excluding hydrogens is 267 g/mol. The van der Waals surface area contributed by atoms with Crippen LogP contribution in [0.3, 0.4) is 0 Å². The maximum Gasteiger partial charge on any atom is 0.366 e. The molecule has 0 fully saturated rings. The number of hydrogen-bond acceptors (Lipinski definition) is 2. The quantitative estimate of drug-likeness (QED) is 0.274. The van der Waals surface area contributed by atoms with Crippen LogP contribution in [0.25, 0.3) is 0 Å². The predicted octanol–water partition coefficient (Wildman–Crippen LogP) is 0.706. The van der Waals surface area contributed by atoms with E-state index >= 15 is 0 Å². The first-order chi connectivity index (χ1) is 7.00. The molecule has 0 bridgehead atoms. The van der Waals surface area contributed by atoms with Gasteiger partial charge in [0, 0.05) is 10.0 Å². The highest BCUT2D eigenvalue weighted by molar-refractivity contribution is 9.10. The molecule has 80 valence electrons. The van der Waals surface area contributed by atoms with E-state index in [1.54, 1.807) is 6.07 Å². The summed E-state index contributed by atoms with van der Waals surface area (Å²) in [4.78, 5) is 0.00147. The summed E-state index contributed by atoms with van der Waals surface area (Å²) < 4.78 is 13.8. The van der Waals surface area contributed by atoms with Crippen molar-refractivity contribution in [3.8, 4) is 0 Å². The van der Waals surface area contributed by atoms with Gasteiger partial charge in [-0.05, 0) is 18.2 Å². The number of hydrazone groups is 1. The molecule has 1 rings (SSSR count). The second-order valence-corrected chi connectivity index (χ2v) is 3.52. The van der Waals surface area contributed by atoms with E-state index in [-0.39, 0.29) is 10.4 Å². The number of hydrogen-bond donors (Lipinski definition) is 2. The van der Waals surface area contributed by atoms with Crippen LogP contribution in [0.4, 0.5) is 4.39 Å². The van der Waals surface area contributed by atoms with Gasteiger partial charge in [-0.15, -0.1) is 9.95 Å². The van der Waals surface area contributed by atoms with Crippen LogP contribution in [0, 0.1) is 11.0 Å². The number of nitrogens with two attached hydrogens (primary N) is 2. The van der Waals surface area contributed by atoms with Crippen molar-refractivity contribution in [2.45, 2.75) is 0 Å². The summed E-state index contributed by atoms with van der Waals surface area (Å²) in [6.07, 6.45) is 1.04. The summed E-state index contributed by atoms with van der Waals surface area (Å²) in [5, 5.41) is 14.1. The van der Waals surface area contributed by atoms with Crippen molar-refractivity contribution in [2.24, 2.45) is 16.6 Å². The Kier molecular flexibility index (Phi) is 3.62. The molecule has 15 heavy (non-hydrogen) atoms. The van der Waals surface area contributed by atoms with E-state index in [4.69, 9.17) is 11.5 Å². The molecule has 1 aromatic rings. The van der Waals surface area contributed by atoms with Gasteiger partial charge in [0.25, 0.3) is 0 Å². The van der Waals surface area contributed by atoms with Gasteiger partial charge in [-0.2, -0.15) is 0 Å². The largest absolute Gasteiger partial charge is 0.722 e. The number of benzene rings is 1. The van der Waals surface area contributed by atoms with E-state index in [2.05, 4.69) is 21.0 Å². The van der Waals surface area contributed by atoms with Gasteiger partial charge in [-0.1, -0.05) is 15.9 Å². The molecule has 0 saturated carbocycles. The third-order valence-corrected chi connectivity index (χ3v) is 1.98. The third-order valence-electron chi connectivity index (χ3n) is 1.49. The third kappa shape index (κ3) is 3.21. The Bertz CT molecular complexity index is 429. The first-order valence-corrected chi connectivity index (χ1v) is 4.64. The van der Waals surface area contributed by atoms with Gasteiger partial charge in [0.1, 0.15) is 5.82 Å². The SMILES string of the molecule is NC(N)=[N+]([O-])/N=C/c1ccc(Br)cc1F. The van der Waals surface area contributed by atoms with E-state index in [0.29, 0.717) is 4.47 Å². The molecule has 0 aliphatic carbocycles. The minimum atomic E-state index is -0.510. The summed E-state index contributed by atoms with van der Waals surface area (Å²) in [6.45, 7) is 0. The molecule has 7 heteroatoms. The van der Waals surface area contributed by atoms with Crippen molar-refractivity contribution >= 4 is 28.1 Å². The molecule has 0 unspecified atom stereocenters. The van der Waals surface area contributed by atoms with Crippen LogP contribution in [0.1, 0.15) is 5.56 Å². The van der Waals surface area contributed by atoms with Gasteiger partial charge in [0.05, 0.1) is 6.21 Å². The minimum absolute atomic E-state index is 0.00147. The fourth-order valence-corrected chi connectivity index (χ4v) is 1.12. The van der Waals surface area contributed by atoms with Crippen molar-refractivity contribution in [3.63, 3.8) is 0 Å². The number of guanidine groups is 1. The molecule has 0 atom stereocenters. The van der Waals surface area contributed by atoms with Crippen molar-refractivity contribution in [3.05, 3.63) is 39.3 Å². The normalized spacial score (nSPS) is 10.5. The smallest absolute Gasteiger partial charge is 0.366 e. The number of nitrogens with zero attached hydrogens (tertiary/aromatic N) is 2. The van der Waals surface area contributed by atoms with Crippen LogP contribution >= 0.6 is 15.9 Å². The maximum absolute atomic E-state index is 13.2. The molecule has 0 aliphatic heterocycles. The molecule has 0 spiro atoms. The van der Waals surface area contributed by atoms with Crippen LogP contribution in [-0.4, -0.2) is 17.0 Å². The molecule has 0 heterocycles. The molecule has 0 aromatic heterocycles. The van der Waals surface area contributed by atoms with Gasteiger partial charge >= 0.3 is 5.96 Å². The molecule has 4 N–H and O–H groups in total. The lowest BCUT2D eigenvalue weighted by Crippen LogP contribution is -2.30. The highest BCUT2D eigenvalue weighted by atomic mass is 79.9. The van der Waals surface area contributed by atoms with Gasteiger partial charge < -0.3 is 5.21 Å². The maximum atomic E-state index is 13.2. The lowest BCUT2D eigenvalue weighted by molar-refractivity contribution is -0.463. The van der Waals surface area contributed by atoms with E-state index in [1.807, 2.05) is 0 Å². The van der Waals surface area contributed by atoms with E-state index in [9.17, 15) is 9.60 Å². The Hall–Kier alpha value is -1.63. The van der Waals surface area contributed by atoms with Crippen LogP contribution in [0.2, 0.25) is 0 Å². The van der Waals surface area contributed by atoms with Crippen molar-refractivity contribution in [1.82, 2.24) is 0 Å². The summed E-state index contributed by atoms with van der Waals surface area (Å²) in [5.74, 6) is -1.01. The predicted molar refractivity (Wildman–Crippen MR) is 58.7 cm³/mol. The monoisotopic (exact) mass is 274 g/mol. The Morgan fingerprint density at radius 3 is 2.73 bits per heavy atom. The fraction of sp³-hybridized carbons (Fsp3) is 0. The highest BCUT2D eigenvalue weighted by Crippen LogP contribution is 2.13. The average Bonchev–Trinajstić information content (AvgIpc) is 2.15. The fourth-order valence-electron chi connectivity index (χ4n) is 0.788. The molecule has 0 saturated heterocycles. The Balaban J connectivity index is 2.95. The first kappa shape index (κ1) is 11.4. The molecule has 0 amide bonds. The molecule has 0 aliphatic rings. The topological polar surface area (TPSA) is 90.5 Å². The Morgan fingerprint density at radius 1 is 1.53 bits per heavy atom.